The zero-order valence-electron chi connectivity index (χ0n) is 30.5. The molecule has 5 heteroatoms. The van der Waals surface area contributed by atoms with E-state index in [4.69, 9.17) is 16.3 Å². The fourth-order valence-corrected chi connectivity index (χ4v) is 6.48. The Kier molecular flexibility index (Phi) is 5.39. The van der Waals surface area contributed by atoms with Gasteiger partial charge in [0.2, 0.25) is 5.96 Å². The zero-order chi connectivity index (χ0) is 36.4. The van der Waals surface area contributed by atoms with Crippen molar-refractivity contribution in [3.05, 3.63) is 169 Å². The van der Waals surface area contributed by atoms with E-state index in [1.807, 2.05) is 91.0 Å². The highest BCUT2D eigenvalue weighted by Gasteiger charge is 2.17. The maximum Gasteiger partial charge on any atom is 0.229 e. The van der Waals surface area contributed by atoms with Crippen molar-refractivity contribution in [2.75, 3.05) is 0 Å². The number of fused-ring (bicyclic) bond motifs is 7. The highest BCUT2D eigenvalue weighted by molar-refractivity contribution is 6.18. The molecule has 226 valence electrons. The average molecular weight is 622 g/mol. The average Bonchev–Trinajstić information content (AvgIpc) is 3.74. The molecule has 0 aliphatic heterocycles. The fraction of sp³-hybridized carbons (Fsp3) is 0. The third-order valence-corrected chi connectivity index (χ3v) is 8.65. The maximum absolute atomic E-state index is 9.30. The van der Waals surface area contributed by atoms with Crippen LogP contribution in [0.2, 0.25) is 0 Å². The summed E-state index contributed by atoms with van der Waals surface area (Å²) in [5.41, 5.74) is 5.40. The molecule has 0 atom stereocenters. The van der Waals surface area contributed by atoms with E-state index in [1.54, 1.807) is 4.57 Å². The SMILES string of the molecule is [2H]c1c([2H])c([2H])c(C=N/C(=N\C(=N)n2c3ccccc3c3ccccc32)c2ccc3c(c2)oc2cccc(-c4ccc5ccccc5c4)c23)c([2H])c1[2H]. The Morgan fingerprint density at radius 3 is 2.19 bits per heavy atom. The third-order valence-electron chi connectivity index (χ3n) is 8.65. The van der Waals surface area contributed by atoms with E-state index in [-0.39, 0.29) is 29.4 Å². The summed E-state index contributed by atoms with van der Waals surface area (Å²) >= 11 is 0. The number of para-hydroxylation sites is 2. The van der Waals surface area contributed by atoms with Crippen LogP contribution in [-0.2, 0) is 0 Å². The van der Waals surface area contributed by atoms with Gasteiger partial charge in [-0.05, 0) is 63.9 Å². The molecule has 5 nitrogen and oxygen atoms in total. The highest BCUT2D eigenvalue weighted by atomic mass is 16.3. The summed E-state index contributed by atoms with van der Waals surface area (Å²) in [5.74, 6) is -0.0142. The molecule has 0 bridgehead atoms. The van der Waals surface area contributed by atoms with Gasteiger partial charge in [-0.3, -0.25) is 9.98 Å². The first-order valence-corrected chi connectivity index (χ1v) is 15.5. The minimum atomic E-state index is -0.488. The molecular weight excluding hydrogens is 589 g/mol. The Hall–Kier alpha value is -6.59. The number of aromatic nitrogens is 1. The number of aliphatic imine (C=N–C) groups is 2. The van der Waals surface area contributed by atoms with Crippen LogP contribution in [0, 0.1) is 5.41 Å². The number of nitrogens with one attached hydrogen (secondary N) is 1. The van der Waals surface area contributed by atoms with Gasteiger partial charge in [0, 0.05) is 33.3 Å². The summed E-state index contributed by atoms with van der Waals surface area (Å²) in [6.45, 7) is 0. The van der Waals surface area contributed by atoms with Crippen LogP contribution in [0.5, 0.6) is 0 Å². The lowest BCUT2D eigenvalue weighted by molar-refractivity contribution is 0.669. The molecule has 7 aromatic carbocycles. The van der Waals surface area contributed by atoms with Crippen LogP contribution < -0.4 is 0 Å². The van der Waals surface area contributed by atoms with Crippen LogP contribution in [0.4, 0.5) is 0 Å². The quantitative estimate of drug-likeness (QED) is 0.155. The summed E-state index contributed by atoms with van der Waals surface area (Å²) in [4.78, 5) is 9.38. The van der Waals surface area contributed by atoms with Crippen LogP contribution >= 0.6 is 0 Å². The molecule has 0 aliphatic carbocycles. The number of hydrogen-bond donors (Lipinski definition) is 1. The zero-order valence-corrected chi connectivity index (χ0v) is 25.5. The molecule has 9 rings (SSSR count). The van der Waals surface area contributed by atoms with Gasteiger partial charge in [0.15, 0.2) is 5.84 Å². The Labute approximate surface area is 283 Å². The molecule has 2 aromatic heterocycles. The van der Waals surface area contributed by atoms with Crippen molar-refractivity contribution in [2.45, 2.75) is 0 Å². The lowest BCUT2D eigenvalue weighted by Crippen LogP contribution is -2.11. The number of rotatable bonds is 3. The van der Waals surface area contributed by atoms with E-state index in [0.29, 0.717) is 16.7 Å². The van der Waals surface area contributed by atoms with Gasteiger partial charge in [0.05, 0.1) is 17.9 Å². The lowest BCUT2D eigenvalue weighted by Gasteiger charge is -2.08. The van der Waals surface area contributed by atoms with E-state index < -0.39 is 18.1 Å². The molecular formula is C43H28N4O. The van der Waals surface area contributed by atoms with E-state index in [0.717, 1.165) is 54.5 Å². The van der Waals surface area contributed by atoms with Gasteiger partial charge in [-0.25, -0.2) is 4.99 Å². The van der Waals surface area contributed by atoms with Gasteiger partial charge in [-0.2, -0.15) is 4.99 Å². The predicted molar refractivity (Wildman–Crippen MR) is 200 cm³/mol. The smallest absolute Gasteiger partial charge is 0.229 e. The van der Waals surface area contributed by atoms with Gasteiger partial charge < -0.3 is 4.42 Å². The first kappa shape index (κ1) is 22.8. The molecule has 0 aliphatic rings. The predicted octanol–water partition coefficient (Wildman–Crippen LogP) is 10.9. The molecule has 9 aromatic rings. The first-order chi connectivity index (χ1) is 25.8. The summed E-state index contributed by atoms with van der Waals surface area (Å²) < 4.78 is 49.4. The molecule has 0 amide bonds. The molecule has 0 saturated heterocycles. The van der Waals surface area contributed by atoms with E-state index >= 15 is 0 Å². The normalized spacial score (nSPS) is 13.8. The Bertz CT molecular complexity index is 2970. The van der Waals surface area contributed by atoms with Crippen molar-refractivity contribution in [1.29, 1.82) is 5.41 Å². The van der Waals surface area contributed by atoms with Crippen molar-refractivity contribution in [1.82, 2.24) is 4.57 Å². The summed E-state index contributed by atoms with van der Waals surface area (Å²) in [6.07, 6.45) is 1.22. The van der Waals surface area contributed by atoms with Gasteiger partial charge in [-0.1, -0.05) is 121 Å². The number of nitrogens with zero attached hydrogens (tertiary/aromatic N) is 3. The highest BCUT2D eigenvalue weighted by Crippen LogP contribution is 2.38. The third kappa shape index (κ3) is 4.68. The van der Waals surface area contributed by atoms with Crippen LogP contribution in [0.1, 0.15) is 18.0 Å². The summed E-state index contributed by atoms with van der Waals surface area (Å²) in [5, 5.41) is 15.4. The molecule has 1 N–H and O–H groups in total. The summed E-state index contributed by atoms with van der Waals surface area (Å²) in [6, 6.07) is 39.7. The summed E-state index contributed by atoms with van der Waals surface area (Å²) in [7, 11) is 0. The number of furan rings is 1. The fourth-order valence-electron chi connectivity index (χ4n) is 6.48. The number of amidine groups is 1. The van der Waals surface area contributed by atoms with Crippen LogP contribution in [0.15, 0.2) is 172 Å². The van der Waals surface area contributed by atoms with Crippen molar-refractivity contribution >= 4 is 72.5 Å². The lowest BCUT2D eigenvalue weighted by atomic mass is 9.97. The van der Waals surface area contributed by atoms with Crippen molar-refractivity contribution in [2.24, 2.45) is 9.98 Å². The molecule has 48 heavy (non-hydrogen) atoms. The van der Waals surface area contributed by atoms with E-state index in [1.165, 1.54) is 6.21 Å². The minimum Gasteiger partial charge on any atom is -0.456 e. The standard InChI is InChI=1S/C43H28N4O/c44-43(47-37-18-8-6-15-34(37)35-16-7-9-19-38(35)47)46-42(45-27-28-11-2-1-3-12-28)32-23-24-36-40(26-32)48-39-20-10-17-33(41(36)39)31-22-21-29-13-4-5-14-30(29)25-31/h1-27,44H/b44-43?,45-27?,46-42-/i1D,2D,3D,11D,12D. The first-order valence-electron chi connectivity index (χ1n) is 18.0. The monoisotopic (exact) mass is 621 g/mol. The Morgan fingerprint density at radius 2 is 1.40 bits per heavy atom. The number of benzene rings is 7. The second kappa shape index (κ2) is 11.3. The maximum atomic E-state index is 9.30. The molecule has 0 spiro atoms. The molecule has 0 radical (unpaired) electrons. The molecule has 0 saturated carbocycles. The van der Waals surface area contributed by atoms with Crippen molar-refractivity contribution in [3.8, 4) is 11.1 Å². The molecule has 0 unspecified atom stereocenters. The number of hydrogen-bond acceptors (Lipinski definition) is 2. The van der Waals surface area contributed by atoms with Crippen LogP contribution in [0.3, 0.4) is 0 Å². The largest absolute Gasteiger partial charge is 0.456 e. The van der Waals surface area contributed by atoms with Gasteiger partial charge in [0.1, 0.15) is 11.2 Å². The Balaban J connectivity index is 1.22. The second-order valence-electron chi connectivity index (χ2n) is 11.5. The van der Waals surface area contributed by atoms with Gasteiger partial charge >= 0.3 is 0 Å². The van der Waals surface area contributed by atoms with Crippen LogP contribution in [0.25, 0.3) is 65.6 Å². The molecule has 0 fully saturated rings. The van der Waals surface area contributed by atoms with Crippen LogP contribution in [-0.4, -0.2) is 22.6 Å². The van der Waals surface area contributed by atoms with E-state index in [2.05, 4.69) is 41.4 Å². The van der Waals surface area contributed by atoms with Crippen molar-refractivity contribution in [3.63, 3.8) is 0 Å². The minimum absolute atomic E-state index is 0.0862. The topological polar surface area (TPSA) is 66.6 Å². The second-order valence-corrected chi connectivity index (χ2v) is 11.5. The molecule has 2 heterocycles. The van der Waals surface area contributed by atoms with Crippen molar-refractivity contribution < 1.29 is 11.3 Å². The Morgan fingerprint density at radius 1 is 0.667 bits per heavy atom. The van der Waals surface area contributed by atoms with E-state index in [9.17, 15) is 5.41 Å². The van der Waals surface area contributed by atoms with Gasteiger partial charge in [0.25, 0.3) is 0 Å². The van der Waals surface area contributed by atoms with Gasteiger partial charge in [-0.15, -0.1) is 0 Å².